The lowest BCUT2D eigenvalue weighted by atomic mass is 9.97. The standard InChI is InChI=1S/C17H25N3/c1-10(2)9-20-14(6)19-16(17(20)18)15-12(4)7-11(3)8-13(15)5/h7-8,10H,9,18H2,1-6H3. The van der Waals surface area contributed by atoms with Crippen molar-refractivity contribution in [1.82, 2.24) is 9.55 Å². The zero-order chi connectivity index (χ0) is 15.0. The van der Waals surface area contributed by atoms with Gasteiger partial charge in [0.05, 0.1) is 0 Å². The van der Waals surface area contributed by atoms with Gasteiger partial charge in [-0.2, -0.15) is 0 Å². The highest BCUT2D eigenvalue weighted by Gasteiger charge is 2.17. The summed E-state index contributed by atoms with van der Waals surface area (Å²) in [5, 5.41) is 0. The number of aryl methyl sites for hydroxylation is 4. The molecule has 0 unspecified atom stereocenters. The Hall–Kier alpha value is -1.77. The normalized spacial score (nSPS) is 11.3. The minimum Gasteiger partial charge on any atom is -0.383 e. The molecule has 0 atom stereocenters. The first-order chi connectivity index (χ1) is 9.31. The number of nitrogens with two attached hydrogens (primary N) is 1. The summed E-state index contributed by atoms with van der Waals surface area (Å²) in [6, 6.07) is 4.39. The topological polar surface area (TPSA) is 43.8 Å². The summed E-state index contributed by atoms with van der Waals surface area (Å²) >= 11 is 0. The predicted molar refractivity (Wildman–Crippen MR) is 85.9 cm³/mol. The predicted octanol–water partition coefficient (Wildman–Crippen LogP) is 4.02. The molecule has 0 spiro atoms. The number of rotatable bonds is 3. The molecule has 0 aliphatic rings. The van der Waals surface area contributed by atoms with Gasteiger partial charge in [-0.3, -0.25) is 0 Å². The van der Waals surface area contributed by atoms with E-state index in [1.54, 1.807) is 0 Å². The molecule has 0 saturated heterocycles. The van der Waals surface area contributed by atoms with Gasteiger partial charge in [0, 0.05) is 12.1 Å². The number of nitrogens with zero attached hydrogens (tertiary/aromatic N) is 2. The summed E-state index contributed by atoms with van der Waals surface area (Å²) in [5.74, 6) is 2.33. The van der Waals surface area contributed by atoms with E-state index in [2.05, 4.69) is 51.3 Å². The van der Waals surface area contributed by atoms with E-state index < -0.39 is 0 Å². The van der Waals surface area contributed by atoms with Crippen LogP contribution >= 0.6 is 0 Å². The number of aromatic nitrogens is 2. The van der Waals surface area contributed by atoms with Gasteiger partial charge in [0.15, 0.2) is 0 Å². The monoisotopic (exact) mass is 271 g/mol. The van der Waals surface area contributed by atoms with Crippen molar-refractivity contribution < 1.29 is 0 Å². The summed E-state index contributed by atoms with van der Waals surface area (Å²) in [7, 11) is 0. The molecular formula is C17H25N3. The summed E-state index contributed by atoms with van der Waals surface area (Å²) in [6.45, 7) is 13.7. The molecule has 2 aromatic rings. The zero-order valence-corrected chi connectivity index (χ0v) is 13.4. The number of imidazole rings is 1. The Balaban J connectivity index is 2.60. The summed E-state index contributed by atoms with van der Waals surface area (Å²) in [5.41, 5.74) is 12.2. The molecule has 0 bridgehead atoms. The van der Waals surface area contributed by atoms with E-state index >= 15 is 0 Å². The summed E-state index contributed by atoms with van der Waals surface area (Å²) in [6.07, 6.45) is 0. The third-order valence-electron chi connectivity index (χ3n) is 3.66. The molecule has 1 aromatic carbocycles. The van der Waals surface area contributed by atoms with Gasteiger partial charge in [0.2, 0.25) is 0 Å². The molecule has 0 aliphatic heterocycles. The van der Waals surface area contributed by atoms with Crippen molar-refractivity contribution in [2.75, 3.05) is 5.73 Å². The van der Waals surface area contributed by atoms with Crippen LogP contribution in [-0.4, -0.2) is 9.55 Å². The highest BCUT2D eigenvalue weighted by molar-refractivity contribution is 5.76. The maximum atomic E-state index is 6.36. The minimum atomic E-state index is 0.554. The fourth-order valence-electron chi connectivity index (χ4n) is 2.91. The first kappa shape index (κ1) is 14.6. The van der Waals surface area contributed by atoms with Crippen LogP contribution in [0.15, 0.2) is 12.1 Å². The molecule has 3 nitrogen and oxygen atoms in total. The van der Waals surface area contributed by atoms with Crippen LogP contribution in [0.25, 0.3) is 11.3 Å². The van der Waals surface area contributed by atoms with Gasteiger partial charge in [-0.15, -0.1) is 0 Å². The second-order valence-electron chi connectivity index (χ2n) is 6.17. The molecule has 0 saturated carbocycles. The molecule has 3 heteroatoms. The van der Waals surface area contributed by atoms with Gasteiger partial charge in [0.25, 0.3) is 0 Å². The molecule has 0 amide bonds. The van der Waals surface area contributed by atoms with Gasteiger partial charge in [-0.05, 0) is 44.7 Å². The second-order valence-corrected chi connectivity index (χ2v) is 6.17. The molecule has 1 heterocycles. The number of anilines is 1. The smallest absolute Gasteiger partial charge is 0.131 e. The van der Waals surface area contributed by atoms with Gasteiger partial charge in [0.1, 0.15) is 17.3 Å². The Bertz CT molecular complexity index is 613. The van der Waals surface area contributed by atoms with Gasteiger partial charge < -0.3 is 10.3 Å². The molecule has 1 aromatic heterocycles. The summed E-state index contributed by atoms with van der Waals surface area (Å²) in [4.78, 5) is 4.72. The Morgan fingerprint density at radius 1 is 1.10 bits per heavy atom. The van der Waals surface area contributed by atoms with Crippen LogP contribution in [0.4, 0.5) is 5.82 Å². The van der Waals surface area contributed by atoms with Crippen LogP contribution in [0, 0.1) is 33.6 Å². The average molecular weight is 271 g/mol. The van der Waals surface area contributed by atoms with Crippen LogP contribution < -0.4 is 5.73 Å². The third kappa shape index (κ3) is 2.58. The Morgan fingerprint density at radius 2 is 1.65 bits per heavy atom. The fourth-order valence-corrected chi connectivity index (χ4v) is 2.91. The van der Waals surface area contributed by atoms with E-state index in [1.165, 1.54) is 22.3 Å². The van der Waals surface area contributed by atoms with Crippen LogP contribution in [0.3, 0.4) is 0 Å². The van der Waals surface area contributed by atoms with E-state index in [0.717, 1.165) is 23.9 Å². The van der Waals surface area contributed by atoms with E-state index in [-0.39, 0.29) is 0 Å². The molecule has 0 aliphatic carbocycles. The van der Waals surface area contributed by atoms with Crippen LogP contribution in [0.2, 0.25) is 0 Å². The SMILES string of the molecule is Cc1cc(C)c(-c2nc(C)n(CC(C)C)c2N)c(C)c1. The number of hydrogen-bond donors (Lipinski definition) is 1. The highest BCUT2D eigenvalue weighted by atomic mass is 15.1. The van der Waals surface area contributed by atoms with E-state index in [9.17, 15) is 0 Å². The van der Waals surface area contributed by atoms with Crippen LogP contribution in [0.1, 0.15) is 36.4 Å². The van der Waals surface area contributed by atoms with Crippen molar-refractivity contribution >= 4 is 5.82 Å². The highest BCUT2D eigenvalue weighted by Crippen LogP contribution is 2.32. The van der Waals surface area contributed by atoms with Gasteiger partial charge >= 0.3 is 0 Å². The molecule has 20 heavy (non-hydrogen) atoms. The Labute approximate surface area is 121 Å². The second kappa shape index (κ2) is 5.31. The lowest BCUT2D eigenvalue weighted by molar-refractivity contribution is 0.518. The molecule has 0 radical (unpaired) electrons. The molecule has 108 valence electrons. The Morgan fingerprint density at radius 3 is 2.15 bits per heavy atom. The van der Waals surface area contributed by atoms with E-state index in [1.807, 2.05) is 6.92 Å². The minimum absolute atomic E-state index is 0.554. The first-order valence-electron chi connectivity index (χ1n) is 7.22. The van der Waals surface area contributed by atoms with E-state index in [4.69, 9.17) is 10.7 Å². The van der Waals surface area contributed by atoms with E-state index in [0.29, 0.717) is 5.92 Å². The van der Waals surface area contributed by atoms with Crippen molar-refractivity contribution in [3.05, 3.63) is 34.6 Å². The third-order valence-corrected chi connectivity index (χ3v) is 3.66. The molecular weight excluding hydrogens is 246 g/mol. The average Bonchev–Trinajstić information content (AvgIpc) is 2.55. The van der Waals surface area contributed by atoms with Crippen molar-refractivity contribution in [3.63, 3.8) is 0 Å². The molecule has 2 rings (SSSR count). The van der Waals surface area contributed by atoms with Crippen LogP contribution in [-0.2, 0) is 6.54 Å². The lowest BCUT2D eigenvalue weighted by Gasteiger charge is -2.12. The fraction of sp³-hybridized carbons (Fsp3) is 0.471. The van der Waals surface area contributed by atoms with Gasteiger partial charge in [-0.25, -0.2) is 4.98 Å². The maximum absolute atomic E-state index is 6.36. The van der Waals surface area contributed by atoms with Crippen molar-refractivity contribution in [3.8, 4) is 11.3 Å². The molecule has 0 fully saturated rings. The number of benzene rings is 1. The number of nitrogen functional groups attached to an aromatic ring is 1. The maximum Gasteiger partial charge on any atom is 0.131 e. The summed E-state index contributed by atoms with van der Waals surface area (Å²) < 4.78 is 2.12. The van der Waals surface area contributed by atoms with Crippen molar-refractivity contribution in [2.24, 2.45) is 5.92 Å². The lowest BCUT2D eigenvalue weighted by Crippen LogP contribution is -2.09. The number of hydrogen-bond acceptors (Lipinski definition) is 2. The van der Waals surface area contributed by atoms with Gasteiger partial charge in [-0.1, -0.05) is 31.5 Å². The zero-order valence-electron chi connectivity index (χ0n) is 13.4. The Kier molecular flexibility index (Phi) is 3.89. The van der Waals surface area contributed by atoms with Crippen LogP contribution in [0.5, 0.6) is 0 Å². The van der Waals surface area contributed by atoms with Crippen molar-refractivity contribution in [1.29, 1.82) is 0 Å². The molecule has 2 N–H and O–H groups in total. The largest absolute Gasteiger partial charge is 0.383 e. The van der Waals surface area contributed by atoms with Crippen molar-refractivity contribution in [2.45, 2.75) is 48.1 Å². The quantitative estimate of drug-likeness (QED) is 0.916. The first-order valence-corrected chi connectivity index (χ1v) is 7.22.